The van der Waals surface area contributed by atoms with Crippen molar-refractivity contribution in [1.29, 1.82) is 0 Å². The second kappa shape index (κ2) is 25.8. The number of allylic oxidation sites excluding steroid dienone is 2. The van der Waals surface area contributed by atoms with Crippen molar-refractivity contribution in [2.45, 2.75) is 72.8 Å². The molecule has 0 saturated heterocycles. The molecule has 4 aromatic heterocycles. The lowest BCUT2D eigenvalue weighted by molar-refractivity contribution is -0.139. The molecule has 5 heterocycles. The summed E-state index contributed by atoms with van der Waals surface area (Å²) in [5.41, 5.74) is 16.0. The first-order valence-corrected chi connectivity index (χ1v) is 24.5. The zero-order chi connectivity index (χ0) is 56.1. The number of nitrogens with one attached hydrogen (secondary N) is 3. The molecule has 0 saturated carbocycles. The van der Waals surface area contributed by atoms with E-state index in [9.17, 15) is 38.4 Å². The van der Waals surface area contributed by atoms with Gasteiger partial charge in [0.1, 0.15) is 40.0 Å². The average molecular weight is 1060 g/mol. The lowest BCUT2D eigenvalue weighted by atomic mass is 10.1. The monoisotopic (exact) mass is 1060 g/mol. The third-order valence-corrected chi connectivity index (χ3v) is 12.1. The first kappa shape index (κ1) is 57.1. The van der Waals surface area contributed by atoms with Crippen molar-refractivity contribution < 1.29 is 52.6 Å². The van der Waals surface area contributed by atoms with Gasteiger partial charge in [0.15, 0.2) is 6.29 Å². The highest BCUT2D eigenvalue weighted by atomic mass is 16.5. The Balaban J connectivity index is 0.000000861. The number of carbonyl (C=O) groups is 8. The lowest BCUT2D eigenvalue weighted by Crippen LogP contribution is -2.50. The number of imidazole rings is 2. The van der Waals surface area contributed by atoms with Crippen LogP contribution in [0.15, 0.2) is 60.7 Å². The molecule has 7 N–H and O–H groups in total. The smallest absolute Gasteiger partial charge is 0.276 e. The Morgan fingerprint density at radius 1 is 0.792 bits per heavy atom. The van der Waals surface area contributed by atoms with Crippen LogP contribution in [0.25, 0.3) is 22.1 Å². The number of nitrogens with two attached hydrogens (primary N) is 2. The predicted octanol–water partition coefficient (Wildman–Crippen LogP) is 2.37. The minimum absolute atomic E-state index is 0.0954. The van der Waals surface area contributed by atoms with Gasteiger partial charge in [-0.1, -0.05) is 12.2 Å². The molecular formula is C51H63N15O11. The Morgan fingerprint density at radius 3 is 1.92 bits per heavy atom. The van der Waals surface area contributed by atoms with Crippen LogP contribution >= 0.6 is 0 Å². The Morgan fingerprint density at radius 2 is 1.36 bits per heavy atom. The fraction of sp³-hybridized carbons (Fsp3) is 0.373. The van der Waals surface area contributed by atoms with Crippen molar-refractivity contribution in [3.8, 4) is 11.5 Å². The summed E-state index contributed by atoms with van der Waals surface area (Å²) in [6.07, 6.45) is 6.93. The molecule has 0 fully saturated rings. The minimum Gasteiger partial charge on any atom is -0.494 e. The molecule has 7 amide bonds. The summed E-state index contributed by atoms with van der Waals surface area (Å²) in [5.74, 6) is -2.57. The summed E-state index contributed by atoms with van der Waals surface area (Å²) in [6, 6.07) is 8.53. The van der Waals surface area contributed by atoms with Crippen LogP contribution in [0.5, 0.6) is 11.5 Å². The van der Waals surface area contributed by atoms with Crippen molar-refractivity contribution in [2.75, 3.05) is 65.3 Å². The van der Waals surface area contributed by atoms with Gasteiger partial charge < -0.3 is 50.3 Å². The van der Waals surface area contributed by atoms with Gasteiger partial charge in [-0.15, -0.1) is 0 Å². The quantitative estimate of drug-likeness (QED) is 0.0238. The van der Waals surface area contributed by atoms with Gasteiger partial charge in [-0.3, -0.25) is 57.9 Å². The van der Waals surface area contributed by atoms with E-state index in [0.717, 1.165) is 35.6 Å². The second-order valence-electron chi connectivity index (χ2n) is 17.5. The van der Waals surface area contributed by atoms with Gasteiger partial charge in [0.05, 0.1) is 42.7 Å². The van der Waals surface area contributed by atoms with E-state index in [4.69, 9.17) is 30.7 Å². The topological polar surface area (TPSA) is 330 Å². The number of methoxy groups -OCH3 is 2. The maximum Gasteiger partial charge on any atom is 0.276 e. The summed E-state index contributed by atoms with van der Waals surface area (Å²) in [5, 5.41) is 17.1. The maximum absolute atomic E-state index is 13.6. The second-order valence-corrected chi connectivity index (χ2v) is 17.5. The number of hydrogen-bond donors (Lipinski definition) is 5. The van der Waals surface area contributed by atoms with Crippen LogP contribution in [0.2, 0.25) is 0 Å². The number of hydrogen-bond acceptors (Lipinski definition) is 16. The van der Waals surface area contributed by atoms with Crippen LogP contribution in [0.3, 0.4) is 0 Å². The summed E-state index contributed by atoms with van der Waals surface area (Å²) < 4.78 is 24.0. The standard InChI is InChI=1S/C44H53N13O10.C7H10N2O/c1-7-57-31(19-25(2)52-57)41(63)51-44-50-28-20-26(39(45)61)22-32(66-6)37(28)56(44)16-9-8-15-55-38-29(49-43(55)47-3)21-27(40(46)62)23-33(38)67-18-10-14-53(4)42(64)30(24-65-5)48-34(58)13-17-54-35(59)11-12-36(54)60;1-3-9-7(5-10)4-6(2)8-9/h8-9,11-12,19-23,30H,7,10,13-18,24H2,1-6H3,(H2,45,61)(H2,46,62)(H,47,49)(H,48,58)(H,50,51,63);4-5H,3H2,1-2H3/b9-8+;. The summed E-state index contributed by atoms with van der Waals surface area (Å²) in [4.78, 5) is 110. The molecule has 0 aliphatic carbocycles. The molecule has 26 heteroatoms. The first-order valence-electron chi connectivity index (χ1n) is 24.5. The van der Waals surface area contributed by atoms with Gasteiger partial charge in [0.2, 0.25) is 35.5 Å². The number of benzene rings is 2. The fourth-order valence-electron chi connectivity index (χ4n) is 8.39. The molecule has 0 bridgehead atoms. The number of rotatable bonds is 25. The number of amides is 7. The molecule has 1 aliphatic heterocycles. The van der Waals surface area contributed by atoms with Crippen LogP contribution in [0.4, 0.5) is 11.9 Å². The highest BCUT2D eigenvalue weighted by Crippen LogP contribution is 2.33. The van der Waals surface area contributed by atoms with Crippen LogP contribution in [-0.4, -0.2) is 157 Å². The van der Waals surface area contributed by atoms with Gasteiger partial charge in [-0.25, -0.2) is 9.97 Å². The van der Waals surface area contributed by atoms with Gasteiger partial charge in [-0.2, -0.15) is 10.2 Å². The van der Waals surface area contributed by atoms with Crippen molar-refractivity contribution in [1.82, 2.24) is 53.8 Å². The number of ether oxygens (including phenoxy) is 3. The van der Waals surface area contributed by atoms with E-state index in [2.05, 4.69) is 31.1 Å². The number of carbonyl (C=O) groups excluding carboxylic acids is 8. The van der Waals surface area contributed by atoms with E-state index in [-0.39, 0.29) is 62.9 Å². The SMILES string of the molecule is CCn1nc(C)cc1C(=O)Nc1nc2cc(C(N)=O)cc(OC)c2n1C/C=C/Cn1c(NC)nc2cc(C(N)=O)cc(OCCCN(C)C(=O)C(COC)NC(=O)CCN3C(=O)C=CC3=O)c21.CCn1nc(C)cc1C=O. The third-order valence-electron chi connectivity index (χ3n) is 12.1. The van der Waals surface area contributed by atoms with E-state index < -0.39 is 47.4 Å². The first-order chi connectivity index (χ1) is 36.9. The van der Waals surface area contributed by atoms with Crippen molar-refractivity contribution in [2.24, 2.45) is 11.5 Å². The Labute approximate surface area is 442 Å². The molecule has 408 valence electrons. The molecule has 1 unspecified atom stereocenters. The molecule has 77 heavy (non-hydrogen) atoms. The van der Waals surface area contributed by atoms with Crippen molar-refractivity contribution >= 4 is 81.6 Å². The minimum atomic E-state index is -1.03. The number of likely N-dealkylation sites (N-methyl/N-ethyl adjacent to an activating group) is 1. The molecule has 2 aromatic carbocycles. The van der Waals surface area contributed by atoms with Crippen molar-refractivity contribution in [3.63, 3.8) is 0 Å². The van der Waals surface area contributed by atoms with Gasteiger partial charge in [0.25, 0.3) is 17.7 Å². The molecule has 6 aromatic rings. The zero-order valence-corrected chi connectivity index (χ0v) is 44.1. The van der Waals surface area contributed by atoms with Crippen LogP contribution in [0.1, 0.15) is 79.8 Å². The molecule has 7 rings (SSSR count). The molecule has 0 spiro atoms. The normalized spacial score (nSPS) is 12.5. The third kappa shape index (κ3) is 13.6. The largest absolute Gasteiger partial charge is 0.494 e. The Kier molecular flexibility index (Phi) is 19.2. The number of aromatic nitrogens is 8. The zero-order valence-electron chi connectivity index (χ0n) is 44.1. The Bertz CT molecular complexity index is 3260. The number of nitrogens with zero attached hydrogens (tertiary/aromatic N) is 10. The van der Waals surface area contributed by atoms with Crippen molar-refractivity contribution in [3.05, 3.63) is 94.6 Å². The van der Waals surface area contributed by atoms with E-state index >= 15 is 0 Å². The highest BCUT2D eigenvalue weighted by molar-refractivity contribution is 6.13. The van der Waals surface area contributed by atoms with E-state index in [1.54, 1.807) is 53.1 Å². The van der Waals surface area contributed by atoms with Gasteiger partial charge in [0, 0.05) is 90.2 Å². The maximum atomic E-state index is 13.6. The Hall–Kier alpha value is -9.20. The van der Waals surface area contributed by atoms with Crippen LogP contribution in [-0.2, 0) is 50.1 Å². The van der Waals surface area contributed by atoms with Crippen LogP contribution < -0.4 is 36.9 Å². The molecule has 1 atom stereocenters. The predicted molar refractivity (Wildman–Crippen MR) is 282 cm³/mol. The average Bonchev–Trinajstić information content (AvgIpc) is 4.28. The van der Waals surface area contributed by atoms with Gasteiger partial charge in [-0.05, 0) is 70.5 Å². The van der Waals surface area contributed by atoms with E-state index in [1.807, 2.05) is 37.5 Å². The summed E-state index contributed by atoms with van der Waals surface area (Å²) in [6.45, 7) is 9.19. The fourth-order valence-corrected chi connectivity index (χ4v) is 8.39. The number of anilines is 2. The molecule has 0 radical (unpaired) electrons. The lowest BCUT2D eigenvalue weighted by Gasteiger charge is -2.24. The molecular weight excluding hydrogens is 999 g/mol. The highest BCUT2D eigenvalue weighted by Gasteiger charge is 2.28. The number of fused-ring (bicyclic) bond motifs is 2. The number of aldehydes is 1. The van der Waals surface area contributed by atoms with E-state index in [1.165, 1.54) is 37.3 Å². The number of imide groups is 1. The van der Waals surface area contributed by atoms with E-state index in [0.29, 0.717) is 69.6 Å². The number of aryl methyl sites for hydroxylation is 4. The summed E-state index contributed by atoms with van der Waals surface area (Å²) in [7, 11) is 6.10. The number of primary amides is 2. The summed E-state index contributed by atoms with van der Waals surface area (Å²) >= 11 is 0. The van der Waals surface area contributed by atoms with Gasteiger partial charge >= 0.3 is 0 Å². The molecule has 1 aliphatic rings. The van der Waals surface area contributed by atoms with Crippen LogP contribution in [0, 0.1) is 13.8 Å². The molecule has 26 nitrogen and oxygen atoms in total.